The number of pyridine rings is 1. The quantitative estimate of drug-likeness (QED) is 0.583. The molecule has 0 saturated carbocycles. The number of anilines is 1. The van der Waals surface area contributed by atoms with Crippen LogP contribution in [0.4, 0.5) is 5.69 Å². The summed E-state index contributed by atoms with van der Waals surface area (Å²) in [6, 6.07) is 14.1. The van der Waals surface area contributed by atoms with Gasteiger partial charge in [-0.15, -0.1) is 5.10 Å². The van der Waals surface area contributed by atoms with Crippen LogP contribution in [0.3, 0.4) is 0 Å². The molecular formula is C19H15N5O. The number of hydrogen-bond acceptors (Lipinski definition) is 4. The fourth-order valence-electron chi connectivity index (χ4n) is 3.72. The maximum atomic E-state index is 12.4. The van der Waals surface area contributed by atoms with Gasteiger partial charge in [0, 0.05) is 31.0 Å². The number of hydrogen-bond donors (Lipinski definition) is 1. The van der Waals surface area contributed by atoms with Crippen molar-refractivity contribution in [3.8, 4) is 0 Å². The van der Waals surface area contributed by atoms with Gasteiger partial charge in [0.1, 0.15) is 5.52 Å². The third kappa shape index (κ3) is 2.04. The lowest BCUT2D eigenvalue weighted by Crippen LogP contribution is -2.24. The topological polar surface area (TPSA) is 72.7 Å². The summed E-state index contributed by atoms with van der Waals surface area (Å²) in [4.78, 5) is 16.9. The minimum Gasteiger partial charge on any atom is -0.324 e. The SMILES string of the molecule is Cn1nnc2c3c(ccc21)C(c1ccnc2ccccc12)CC(=O)N3. The molecule has 0 fully saturated rings. The molecule has 2 aromatic carbocycles. The molecule has 0 bridgehead atoms. The van der Waals surface area contributed by atoms with Gasteiger partial charge < -0.3 is 5.32 Å². The summed E-state index contributed by atoms with van der Waals surface area (Å²) in [5.74, 6) is -0.0281. The average Bonchev–Trinajstić information content (AvgIpc) is 3.02. The maximum Gasteiger partial charge on any atom is 0.225 e. The number of fused-ring (bicyclic) bond motifs is 4. The van der Waals surface area contributed by atoms with E-state index >= 15 is 0 Å². The van der Waals surface area contributed by atoms with Crippen LogP contribution in [-0.4, -0.2) is 25.9 Å². The van der Waals surface area contributed by atoms with Crippen LogP contribution in [0, 0.1) is 0 Å². The Morgan fingerprint density at radius 3 is 2.92 bits per heavy atom. The van der Waals surface area contributed by atoms with E-state index in [0.29, 0.717) is 6.42 Å². The van der Waals surface area contributed by atoms with Crippen LogP contribution in [0.2, 0.25) is 0 Å². The maximum absolute atomic E-state index is 12.4. The van der Waals surface area contributed by atoms with Crippen molar-refractivity contribution in [3.63, 3.8) is 0 Å². The Labute approximate surface area is 143 Å². The van der Waals surface area contributed by atoms with Crippen molar-refractivity contribution >= 4 is 33.5 Å². The van der Waals surface area contributed by atoms with E-state index in [2.05, 4.69) is 32.7 Å². The molecule has 0 radical (unpaired) electrons. The Kier molecular flexibility index (Phi) is 2.88. The van der Waals surface area contributed by atoms with Crippen LogP contribution in [-0.2, 0) is 11.8 Å². The van der Waals surface area contributed by atoms with Crippen molar-refractivity contribution < 1.29 is 4.79 Å². The fourth-order valence-corrected chi connectivity index (χ4v) is 3.72. The highest BCUT2D eigenvalue weighted by Crippen LogP contribution is 2.41. The highest BCUT2D eigenvalue weighted by atomic mass is 16.1. The van der Waals surface area contributed by atoms with E-state index in [1.807, 2.05) is 43.6 Å². The normalized spacial score (nSPS) is 16.8. The van der Waals surface area contributed by atoms with Gasteiger partial charge in [-0.05, 0) is 29.3 Å². The molecule has 1 amide bonds. The number of nitrogens with one attached hydrogen (secondary N) is 1. The molecule has 0 spiro atoms. The second-order valence-corrected chi connectivity index (χ2v) is 6.33. The first-order chi connectivity index (χ1) is 12.2. The summed E-state index contributed by atoms with van der Waals surface area (Å²) in [5.41, 5.74) is 5.53. The van der Waals surface area contributed by atoms with Gasteiger partial charge in [0.2, 0.25) is 5.91 Å². The average molecular weight is 329 g/mol. The third-order valence-corrected chi connectivity index (χ3v) is 4.90. The fraction of sp³-hybridized carbons (Fsp3) is 0.158. The molecule has 0 saturated heterocycles. The lowest BCUT2D eigenvalue weighted by Gasteiger charge is -2.26. The van der Waals surface area contributed by atoms with Gasteiger partial charge in [-0.2, -0.15) is 0 Å². The highest BCUT2D eigenvalue weighted by Gasteiger charge is 2.30. The minimum absolute atomic E-state index is 0.00320. The largest absolute Gasteiger partial charge is 0.324 e. The predicted molar refractivity (Wildman–Crippen MR) is 95.3 cm³/mol. The van der Waals surface area contributed by atoms with Crippen LogP contribution >= 0.6 is 0 Å². The van der Waals surface area contributed by atoms with Crippen molar-refractivity contribution in [1.82, 2.24) is 20.0 Å². The molecule has 1 aliphatic rings. The number of rotatable bonds is 1. The van der Waals surface area contributed by atoms with Gasteiger partial charge in [-0.3, -0.25) is 9.78 Å². The molecule has 25 heavy (non-hydrogen) atoms. The van der Waals surface area contributed by atoms with Crippen molar-refractivity contribution in [3.05, 3.63) is 59.8 Å². The Hall–Kier alpha value is -3.28. The first-order valence-corrected chi connectivity index (χ1v) is 8.18. The molecule has 0 aliphatic carbocycles. The Morgan fingerprint density at radius 2 is 2.00 bits per heavy atom. The zero-order valence-corrected chi connectivity index (χ0v) is 13.6. The van der Waals surface area contributed by atoms with E-state index < -0.39 is 0 Å². The standard InChI is InChI=1S/C19H15N5O/c1-24-16-7-6-13-14(10-17(25)21-18(13)19(16)22-23-24)11-8-9-20-15-5-3-2-4-12(11)15/h2-9,14H,10H2,1H3,(H,21,25). The third-order valence-electron chi connectivity index (χ3n) is 4.90. The highest BCUT2D eigenvalue weighted by molar-refractivity contribution is 6.04. The molecule has 3 heterocycles. The smallest absolute Gasteiger partial charge is 0.225 e. The van der Waals surface area contributed by atoms with Crippen LogP contribution < -0.4 is 5.32 Å². The molecule has 1 aliphatic heterocycles. The number of nitrogens with zero attached hydrogens (tertiary/aromatic N) is 4. The van der Waals surface area contributed by atoms with Crippen LogP contribution in [0.1, 0.15) is 23.5 Å². The number of carbonyl (C=O) groups is 1. The van der Waals surface area contributed by atoms with Gasteiger partial charge in [0.15, 0.2) is 0 Å². The summed E-state index contributed by atoms with van der Waals surface area (Å²) >= 11 is 0. The van der Waals surface area contributed by atoms with Gasteiger partial charge in [-0.1, -0.05) is 29.5 Å². The summed E-state index contributed by atoms with van der Waals surface area (Å²) in [6.45, 7) is 0. The number of amides is 1. The van der Waals surface area contributed by atoms with Crippen molar-refractivity contribution in [2.75, 3.05) is 5.32 Å². The van der Waals surface area contributed by atoms with Gasteiger partial charge >= 0.3 is 0 Å². The zero-order chi connectivity index (χ0) is 17.0. The summed E-state index contributed by atoms with van der Waals surface area (Å²) < 4.78 is 1.72. The van der Waals surface area contributed by atoms with E-state index in [-0.39, 0.29) is 11.8 Å². The number of aromatic nitrogens is 4. The summed E-state index contributed by atoms with van der Waals surface area (Å²) in [5, 5.41) is 12.4. The van der Waals surface area contributed by atoms with Crippen molar-refractivity contribution in [2.45, 2.75) is 12.3 Å². The Bertz CT molecular complexity index is 1140. The van der Waals surface area contributed by atoms with E-state index in [9.17, 15) is 4.79 Å². The summed E-state index contributed by atoms with van der Waals surface area (Å²) in [6.07, 6.45) is 2.22. The number of benzene rings is 2. The van der Waals surface area contributed by atoms with E-state index in [0.717, 1.165) is 38.8 Å². The molecule has 1 N–H and O–H groups in total. The second-order valence-electron chi connectivity index (χ2n) is 6.33. The number of aryl methyl sites for hydroxylation is 1. The Balaban J connectivity index is 1.79. The van der Waals surface area contributed by atoms with E-state index in [1.165, 1.54) is 0 Å². The molecule has 1 atom stereocenters. The molecule has 2 aromatic heterocycles. The second kappa shape index (κ2) is 5.11. The van der Waals surface area contributed by atoms with Gasteiger partial charge in [0.25, 0.3) is 0 Å². The van der Waals surface area contributed by atoms with Gasteiger partial charge in [0.05, 0.1) is 16.7 Å². The minimum atomic E-state index is -0.0249. The molecule has 122 valence electrons. The first kappa shape index (κ1) is 14.1. The van der Waals surface area contributed by atoms with Crippen molar-refractivity contribution in [1.29, 1.82) is 0 Å². The molecular weight excluding hydrogens is 314 g/mol. The van der Waals surface area contributed by atoms with E-state index in [1.54, 1.807) is 4.68 Å². The monoisotopic (exact) mass is 329 g/mol. The lowest BCUT2D eigenvalue weighted by molar-refractivity contribution is -0.116. The van der Waals surface area contributed by atoms with E-state index in [4.69, 9.17) is 0 Å². The van der Waals surface area contributed by atoms with Crippen LogP contribution in [0.25, 0.3) is 21.9 Å². The molecule has 6 nitrogen and oxygen atoms in total. The Morgan fingerprint density at radius 1 is 1.12 bits per heavy atom. The molecule has 4 aromatic rings. The molecule has 5 rings (SSSR count). The zero-order valence-electron chi connectivity index (χ0n) is 13.6. The van der Waals surface area contributed by atoms with Gasteiger partial charge in [-0.25, -0.2) is 4.68 Å². The van der Waals surface area contributed by atoms with Crippen molar-refractivity contribution in [2.24, 2.45) is 7.05 Å². The van der Waals surface area contributed by atoms with Crippen LogP contribution in [0.5, 0.6) is 0 Å². The number of para-hydroxylation sites is 1. The predicted octanol–water partition coefficient (Wildman–Crippen LogP) is 2.99. The molecule has 1 unspecified atom stereocenters. The number of carbonyl (C=O) groups excluding carboxylic acids is 1. The lowest BCUT2D eigenvalue weighted by atomic mass is 9.83. The summed E-state index contributed by atoms with van der Waals surface area (Å²) in [7, 11) is 1.85. The van der Waals surface area contributed by atoms with Crippen LogP contribution in [0.15, 0.2) is 48.7 Å². The first-order valence-electron chi connectivity index (χ1n) is 8.18. The molecule has 6 heteroatoms.